The molecule has 1 aliphatic rings. The van der Waals surface area contributed by atoms with Crippen LogP contribution in [0.15, 0.2) is 17.2 Å². The molecule has 4 nitrogen and oxygen atoms in total. The molecule has 0 bridgehead atoms. The Labute approximate surface area is 81.1 Å². The third-order valence-electron chi connectivity index (χ3n) is 1.98. The summed E-state index contributed by atoms with van der Waals surface area (Å²) in [5.41, 5.74) is 3.19. The van der Waals surface area contributed by atoms with Crippen molar-refractivity contribution in [3.05, 3.63) is 17.2 Å². The first-order chi connectivity index (χ1) is 6.45. The van der Waals surface area contributed by atoms with Crippen molar-refractivity contribution in [3.8, 4) is 0 Å². The van der Waals surface area contributed by atoms with Crippen molar-refractivity contribution in [2.24, 2.45) is 0 Å². The lowest BCUT2D eigenvalue weighted by molar-refractivity contribution is 0.698. The van der Waals surface area contributed by atoms with Crippen molar-refractivity contribution in [3.63, 3.8) is 0 Å². The highest BCUT2D eigenvalue weighted by Gasteiger charge is 2.02. The second-order valence-corrected chi connectivity index (χ2v) is 3.75. The smallest absolute Gasteiger partial charge is 0.205 e. The fraction of sp³-hybridized carbons (Fsp3) is 0.500. The minimum absolute atomic E-state index is 0.900. The highest BCUT2D eigenvalue weighted by atomic mass is 32.1. The van der Waals surface area contributed by atoms with Crippen LogP contribution in [0.2, 0.25) is 0 Å². The van der Waals surface area contributed by atoms with Gasteiger partial charge in [-0.1, -0.05) is 23.0 Å². The maximum absolute atomic E-state index is 3.92. The molecule has 1 aromatic heterocycles. The number of nitrogens with zero attached hydrogens (tertiary/aromatic N) is 2. The van der Waals surface area contributed by atoms with Crippen molar-refractivity contribution < 1.29 is 0 Å². The van der Waals surface area contributed by atoms with Gasteiger partial charge in [-0.3, -0.25) is 0 Å². The zero-order valence-electron chi connectivity index (χ0n) is 7.29. The molecule has 70 valence electrons. The summed E-state index contributed by atoms with van der Waals surface area (Å²) in [6.07, 6.45) is 3.36. The van der Waals surface area contributed by atoms with Crippen LogP contribution in [0.5, 0.6) is 0 Å². The molecule has 0 atom stereocenters. The molecule has 0 unspecified atom stereocenters. The molecular weight excluding hydrogens is 184 g/mol. The number of aromatic nitrogens is 2. The minimum Gasteiger partial charge on any atom is -0.356 e. The Morgan fingerprint density at radius 1 is 1.62 bits per heavy atom. The molecule has 0 radical (unpaired) electrons. The van der Waals surface area contributed by atoms with E-state index in [0.717, 1.165) is 31.2 Å². The summed E-state index contributed by atoms with van der Waals surface area (Å²) in [6.45, 7) is 2.98. The first-order valence-corrected chi connectivity index (χ1v) is 5.22. The second-order valence-electron chi connectivity index (χ2n) is 2.91. The van der Waals surface area contributed by atoms with E-state index in [0.29, 0.717) is 0 Å². The van der Waals surface area contributed by atoms with Gasteiger partial charge in [0, 0.05) is 13.1 Å². The van der Waals surface area contributed by atoms with E-state index in [9.17, 15) is 0 Å². The molecule has 2 heterocycles. The lowest BCUT2D eigenvalue weighted by Crippen LogP contribution is -2.23. The van der Waals surface area contributed by atoms with Crippen LogP contribution in [0.1, 0.15) is 6.42 Å². The van der Waals surface area contributed by atoms with Crippen LogP contribution in [0, 0.1) is 0 Å². The molecule has 0 saturated carbocycles. The van der Waals surface area contributed by atoms with Crippen LogP contribution in [0.25, 0.3) is 0 Å². The lowest BCUT2D eigenvalue weighted by Gasteiger charge is -2.13. The number of anilines is 1. The zero-order valence-corrected chi connectivity index (χ0v) is 8.10. The summed E-state index contributed by atoms with van der Waals surface area (Å²) in [5.74, 6) is 0. The van der Waals surface area contributed by atoms with Crippen LogP contribution in [-0.4, -0.2) is 29.8 Å². The van der Waals surface area contributed by atoms with Gasteiger partial charge in [0.2, 0.25) is 5.13 Å². The molecule has 2 N–H and O–H groups in total. The van der Waals surface area contributed by atoms with Crippen LogP contribution < -0.4 is 10.6 Å². The van der Waals surface area contributed by atoms with Gasteiger partial charge in [0.15, 0.2) is 0 Å². The standard InChI is InChI=1S/C8H12N4S/c1-3-9-4-2-7(1)5-10-8-12-11-6-13-8/h1,6,9H,2-5H2,(H,10,12). The van der Waals surface area contributed by atoms with E-state index in [4.69, 9.17) is 0 Å². The maximum Gasteiger partial charge on any atom is 0.205 e. The quantitative estimate of drug-likeness (QED) is 0.704. The number of hydrogen-bond donors (Lipinski definition) is 2. The molecule has 0 fully saturated rings. The normalized spacial score (nSPS) is 16.8. The lowest BCUT2D eigenvalue weighted by atomic mass is 10.1. The topological polar surface area (TPSA) is 49.8 Å². The van der Waals surface area contributed by atoms with Crippen molar-refractivity contribution >= 4 is 16.5 Å². The molecule has 0 aromatic carbocycles. The first-order valence-electron chi connectivity index (χ1n) is 4.34. The predicted molar refractivity (Wildman–Crippen MR) is 54.0 cm³/mol. The van der Waals surface area contributed by atoms with E-state index >= 15 is 0 Å². The predicted octanol–water partition coefficient (Wildman–Crippen LogP) is 0.870. The van der Waals surface area contributed by atoms with E-state index < -0.39 is 0 Å². The van der Waals surface area contributed by atoms with Gasteiger partial charge in [0.25, 0.3) is 0 Å². The summed E-state index contributed by atoms with van der Waals surface area (Å²) in [7, 11) is 0. The van der Waals surface area contributed by atoms with E-state index in [1.165, 1.54) is 16.9 Å². The molecule has 0 saturated heterocycles. The zero-order chi connectivity index (χ0) is 8.93. The highest BCUT2D eigenvalue weighted by molar-refractivity contribution is 7.13. The van der Waals surface area contributed by atoms with E-state index in [-0.39, 0.29) is 0 Å². The number of rotatable bonds is 3. The van der Waals surface area contributed by atoms with Gasteiger partial charge in [-0.05, 0) is 13.0 Å². The summed E-state index contributed by atoms with van der Waals surface area (Å²) >= 11 is 1.54. The fourth-order valence-electron chi connectivity index (χ4n) is 1.27. The summed E-state index contributed by atoms with van der Waals surface area (Å²) < 4.78 is 0. The Morgan fingerprint density at radius 2 is 2.62 bits per heavy atom. The Morgan fingerprint density at radius 3 is 3.31 bits per heavy atom. The summed E-state index contributed by atoms with van der Waals surface area (Å²) in [6, 6.07) is 0. The van der Waals surface area contributed by atoms with Crippen molar-refractivity contribution in [2.45, 2.75) is 6.42 Å². The first kappa shape index (κ1) is 8.65. The van der Waals surface area contributed by atoms with Crippen LogP contribution in [-0.2, 0) is 0 Å². The molecule has 2 rings (SSSR count). The molecule has 5 heteroatoms. The highest BCUT2D eigenvalue weighted by Crippen LogP contribution is 2.10. The Hall–Kier alpha value is -0.940. The number of hydrogen-bond acceptors (Lipinski definition) is 5. The third kappa shape index (κ3) is 2.50. The molecule has 0 spiro atoms. The van der Waals surface area contributed by atoms with Crippen molar-refractivity contribution in [1.29, 1.82) is 0 Å². The fourth-order valence-corrected chi connectivity index (χ4v) is 1.71. The van der Waals surface area contributed by atoms with E-state index in [1.807, 2.05) is 0 Å². The van der Waals surface area contributed by atoms with E-state index in [2.05, 4.69) is 26.9 Å². The van der Waals surface area contributed by atoms with Gasteiger partial charge in [-0.2, -0.15) is 0 Å². The van der Waals surface area contributed by atoms with Crippen LogP contribution >= 0.6 is 11.3 Å². The average molecular weight is 196 g/mol. The van der Waals surface area contributed by atoms with Gasteiger partial charge >= 0.3 is 0 Å². The average Bonchev–Trinajstić information content (AvgIpc) is 2.69. The molecule has 1 aliphatic heterocycles. The largest absolute Gasteiger partial charge is 0.356 e. The second kappa shape index (κ2) is 4.34. The van der Waals surface area contributed by atoms with Crippen LogP contribution in [0.4, 0.5) is 5.13 Å². The third-order valence-corrected chi connectivity index (χ3v) is 2.63. The van der Waals surface area contributed by atoms with Gasteiger partial charge < -0.3 is 10.6 Å². The Balaban J connectivity index is 1.82. The Bertz CT molecular complexity index is 280. The summed E-state index contributed by atoms with van der Waals surface area (Å²) in [4.78, 5) is 0. The molecular formula is C8H12N4S. The number of nitrogens with one attached hydrogen (secondary N) is 2. The Kier molecular flexibility index (Phi) is 2.89. The molecule has 13 heavy (non-hydrogen) atoms. The summed E-state index contributed by atoms with van der Waals surface area (Å²) in [5, 5.41) is 15.1. The molecule has 1 aromatic rings. The monoisotopic (exact) mass is 196 g/mol. The van der Waals surface area contributed by atoms with Crippen LogP contribution in [0.3, 0.4) is 0 Å². The molecule has 0 aliphatic carbocycles. The van der Waals surface area contributed by atoms with Crippen molar-refractivity contribution in [2.75, 3.05) is 25.0 Å². The van der Waals surface area contributed by atoms with Gasteiger partial charge in [-0.25, -0.2) is 0 Å². The SMILES string of the molecule is C1=C(CNc2nncs2)CCNC1. The van der Waals surface area contributed by atoms with Crippen molar-refractivity contribution in [1.82, 2.24) is 15.5 Å². The van der Waals surface area contributed by atoms with E-state index in [1.54, 1.807) is 5.51 Å². The van der Waals surface area contributed by atoms with Gasteiger partial charge in [-0.15, -0.1) is 10.2 Å². The maximum atomic E-state index is 3.92. The minimum atomic E-state index is 0.900. The van der Waals surface area contributed by atoms with Gasteiger partial charge in [0.1, 0.15) is 5.51 Å². The molecule has 0 amide bonds. The van der Waals surface area contributed by atoms with Gasteiger partial charge in [0.05, 0.1) is 0 Å².